The van der Waals surface area contributed by atoms with Gasteiger partial charge in [0.15, 0.2) is 0 Å². The van der Waals surface area contributed by atoms with Crippen molar-refractivity contribution < 1.29 is 10.0 Å². The van der Waals surface area contributed by atoms with Crippen molar-refractivity contribution in [1.82, 2.24) is 0 Å². The van der Waals surface area contributed by atoms with Gasteiger partial charge >= 0.3 is 7.69 Å². The van der Waals surface area contributed by atoms with Crippen molar-refractivity contribution in [2.45, 2.75) is 18.8 Å². The van der Waals surface area contributed by atoms with E-state index in [2.05, 4.69) is 42.5 Å². The molecule has 1 aliphatic carbocycles. The van der Waals surface area contributed by atoms with Gasteiger partial charge in [-0.3, -0.25) is 0 Å². The molecule has 0 amide bonds. The highest BCUT2D eigenvalue weighted by molar-refractivity contribution is 6.13. The first-order chi connectivity index (χ1) is 7.86. The van der Waals surface area contributed by atoms with Gasteiger partial charge in [-0.25, -0.2) is 0 Å². The van der Waals surface area contributed by atoms with Crippen LogP contribution in [-0.2, 0) is 0 Å². The van der Waals surface area contributed by atoms with Gasteiger partial charge in [-0.15, -0.1) is 0 Å². The van der Waals surface area contributed by atoms with E-state index in [0.29, 0.717) is 0 Å². The van der Waals surface area contributed by atoms with Crippen LogP contribution in [0.25, 0.3) is 10.8 Å². The normalized spacial score (nSPS) is 14.1. The summed E-state index contributed by atoms with van der Waals surface area (Å²) in [6.07, 6.45) is 2.77. The first-order valence-electron chi connectivity index (χ1n) is 5.44. The van der Waals surface area contributed by atoms with Gasteiger partial charge in [0.2, 0.25) is 0 Å². The maximum absolute atomic E-state index is 7.00. The third-order valence-electron chi connectivity index (χ3n) is 2.84. The summed E-state index contributed by atoms with van der Waals surface area (Å²) in [4.78, 5) is 0. The number of hydrogen-bond acceptors (Lipinski definition) is 2. The second-order valence-electron chi connectivity index (χ2n) is 3.96. The fourth-order valence-corrected chi connectivity index (χ4v) is 2.00. The molecule has 3 heteroatoms. The zero-order valence-electron chi connectivity index (χ0n) is 9.00. The van der Waals surface area contributed by atoms with E-state index in [9.17, 15) is 0 Å². The third kappa shape index (κ3) is 2.43. The number of hydrogen-bond donors (Lipinski definition) is 2. The van der Waals surface area contributed by atoms with Crippen molar-refractivity contribution >= 4 is 18.5 Å². The molecule has 0 heterocycles. The van der Waals surface area contributed by atoms with Gasteiger partial charge in [0, 0.05) is 0 Å². The zero-order chi connectivity index (χ0) is 11.4. The lowest BCUT2D eigenvalue weighted by molar-refractivity contribution is 0.448. The fourth-order valence-electron chi connectivity index (χ4n) is 2.00. The van der Waals surface area contributed by atoms with Gasteiger partial charge in [-0.05, 0) is 35.1 Å². The average Bonchev–Trinajstić information content (AvgIpc) is 3.13. The van der Waals surface area contributed by atoms with Crippen molar-refractivity contribution in [3.63, 3.8) is 0 Å². The van der Waals surface area contributed by atoms with Crippen LogP contribution in [0, 0.1) is 0 Å². The lowest BCUT2D eigenvalue weighted by atomic mass is 10.0. The summed E-state index contributed by atoms with van der Waals surface area (Å²) in [5, 5.41) is 16.8. The molecule has 2 aromatic carbocycles. The first kappa shape index (κ1) is 11.2. The standard InChI is InChI=1S/C13H12.BH2O2/c1-2-6-12-10(4-1)5-3-7-13(12)11-8-9-11;2-1-3/h1-7,11H,8-9H2;2-3H. The molecule has 2 N–H and O–H groups in total. The van der Waals surface area contributed by atoms with Crippen molar-refractivity contribution in [2.75, 3.05) is 0 Å². The zero-order valence-corrected chi connectivity index (χ0v) is 9.00. The molecular weight excluding hydrogens is 199 g/mol. The van der Waals surface area contributed by atoms with Crippen molar-refractivity contribution in [2.24, 2.45) is 0 Å². The SMILES string of the molecule is O[B]O.c1ccc2c(C3CC3)cccc2c1. The van der Waals surface area contributed by atoms with Gasteiger partial charge in [-0.2, -0.15) is 0 Å². The summed E-state index contributed by atoms with van der Waals surface area (Å²) in [6.45, 7) is 0. The van der Waals surface area contributed by atoms with Gasteiger partial charge in [0.1, 0.15) is 0 Å². The number of fused-ring (bicyclic) bond motifs is 1. The van der Waals surface area contributed by atoms with Crippen LogP contribution in [0.5, 0.6) is 0 Å². The van der Waals surface area contributed by atoms with Gasteiger partial charge in [0.05, 0.1) is 0 Å². The molecule has 1 aliphatic rings. The minimum absolute atomic E-state index is 0. The molecule has 0 atom stereocenters. The van der Waals surface area contributed by atoms with E-state index in [1.54, 1.807) is 5.56 Å². The second kappa shape index (κ2) is 5.15. The van der Waals surface area contributed by atoms with E-state index >= 15 is 0 Å². The summed E-state index contributed by atoms with van der Waals surface area (Å²) >= 11 is 0. The molecule has 0 saturated heterocycles. The first-order valence-corrected chi connectivity index (χ1v) is 5.44. The Morgan fingerprint density at radius 1 is 0.938 bits per heavy atom. The van der Waals surface area contributed by atoms with E-state index in [0.717, 1.165) is 5.92 Å². The van der Waals surface area contributed by atoms with Crippen LogP contribution in [0.1, 0.15) is 24.3 Å². The molecule has 0 bridgehead atoms. The maximum Gasteiger partial charge on any atom is 0.482 e. The van der Waals surface area contributed by atoms with Crippen LogP contribution >= 0.6 is 0 Å². The molecular formula is C13H14BO2. The highest BCUT2D eigenvalue weighted by Crippen LogP contribution is 2.42. The molecule has 2 aromatic rings. The predicted octanol–water partition coefficient (Wildman–Crippen LogP) is 2.22. The van der Waals surface area contributed by atoms with E-state index in [4.69, 9.17) is 10.0 Å². The third-order valence-corrected chi connectivity index (χ3v) is 2.84. The summed E-state index contributed by atoms with van der Waals surface area (Å²) in [5.41, 5.74) is 1.55. The Morgan fingerprint density at radius 3 is 2.25 bits per heavy atom. The van der Waals surface area contributed by atoms with Crippen LogP contribution < -0.4 is 0 Å². The Balaban J connectivity index is 0.000000292. The Kier molecular flexibility index (Phi) is 3.60. The van der Waals surface area contributed by atoms with E-state index in [1.807, 2.05) is 0 Å². The van der Waals surface area contributed by atoms with Gasteiger partial charge < -0.3 is 10.0 Å². The van der Waals surface area contributed by atoms with Crippen molar-refractivity contribution in [3.8, 4) is 0 Å². The molecule has 2 nitrogen and oxygen atoms in total. The molecule has 1 saturated carbocycles. The average molecular weight is 213 g/mol. The van der Waals surface area contributed by atoms with E-state index in [1.165, 1.54) is 23.6 Å². The highest BCUT2D eigenvalue weighted by atomic mass is 16.4. The molecule has 0 unspecified atom stereocenters. The van der Waals surface area contributed by atoms with Gasteiger partial charge in [-0.1, -0.05) is 42.5 Å². The highest BCUT2D eigenvalue weighted by Gasteiger charge is 2.24. The van der Waals surface area contributed by atoms with Crippen molar-refractivity contribution in [1.29, 1.82) is 0 Å². The van der Waals surface area contributed by atoms with E-state index in [-0.39, 0.29) is 7.69 Å². The van der Waals surface area contributed by atoms with E-state index < -0.39 is 0 Å². The molecule has 0 aromatic heterocycles. The summed E-state index contributed by atoms with van der Waals surface area (Å²) in [6, 6.07) is 15.3. The van der Waals surface area contributed by atoms with Gasteiger partial charge in [0.25, 0.3) is 0 Å². The quantitative estimate of drug-likeness (QED) is 0.713. The topological polar surface area (TPSA) is 40.5 Å². The maximum atomic E-state index is 7.00. The Labute approximate surface area is 95.9 Å². The monoisotopic (exact) mass is 213 g/mol. The molecule has 16 heavy (non-hydrogen) atoms. The molecule has 0 aliphatic heterocycles. The number of benzene rings is 2. The van der Waals surface area contributed by atoms with Crippen LogP contribution in [0.4, 0.5) is 0 Å². The van der Waals surface area contributed by atoms with Crippen LogP contribution in [0.15, 0.2) is 42.5 Å². The summed E-state index contributed by atoms with van der Waals surface area (Å²) in [7, 11) is 0. The Hall–Kier alpha value is -1.32. The minimum atomic E-state index is 0. The minimum Gasteiger partial charge on any atom is -0.429 e. The van der Waals surface area contributed by atoms with Crippen molar-refractivity contribution in [3.05, 3.63) is 48.0 Å². The van der Waals surface area contributed by atoms with Crippen LogP contribution in [-0.4, -0.2) is 17.7 Å². The Bertz CT molecular complexity index is 461. The largest absolute Gasteiger partial charge is 0.482 e. The predicted molar refractivity (Wildman–Crippen MR) is 66.1 cm³/mol. The number of rotatable bonds is 1. The molecule has 3 rings (SSSR count). The fraction of sp³-hybridized carbons (Fsp3) is 0.231. The summed E-state index contributed by atoms with van der Waals surface area (Å²) in [5.74, 6) is 0.853. The molecule has 81 valence electrons. The molecule has 1 fully saturated rings. The molecule has 0 spiro atoms. The Morgan fingerprint density at radius 2 is 1.56 bits per heavy atom. The molecule has 1 radical (unpaired) electrons. The van der Waals surface area contributed by atoms with Crippen LogP contribution in [0.2, 0.25) is 0 Å². The lowest BCUT2D eigenvalue weighted by Gasteiger charge is -2.03. The van der Waals surface area contributed by atoms with Crippen LogP contribution in [0.3, 0.4) is 0 Å². The summed E-state index contributed by atoms with van der Waals surface area (Å²) < 4.78 is 0. The smallest absolute Gasteiger partial charge is 0.429 e. The lowest BCUT2D eigenvalue weighted by Crippen LogP contribution is -1.81. The second-order valence-corrected chi connectivity index (χ2v) is 3.96.